The first-order valence-electron chi connectivity index (χ1n) is 7.01. The van der Waals surface area contributed by atoms with E-state index in [0.29, 0.717) is 18.5 Å². The number of aliphatic imine (C=N–C) groups is 1. The van der Waals surface area contributed by atoms with E-state index in [1.807, 2.05) is 45.3 Å². The summed E-state index contributed by atoms with van der Waals surface area (Å²) in [7, 11) is 4.08. The number of hydrogen-bond acceptors (Lipinski definition) is 4. The van der Waals surface area contributed by atoms with E-state index in [9.17, 15) is 0 Å². The van der Waals surface area contributed by atoms with E-state index in [2.05, 4.69) is 25.2 Å². The van der Waals surface area contributed by atoms with E-state index in [1.165, 1.54) is 0 Å². The van der Waals surface area contributed by atoms with Crippen LogP contribution in [0, 0.1) is 6.92 Å². The topological polar surface area (TPSA) is 79.4 Å². The summed E-state index contributed by atoms with van der Waals surface area (Å²) in [6, 6.07) is 7.90. The molecule has 6 nitrogen and oxygen atoms in total. The molecule has 0 amide bonds. The van der Waals surface area contributed by atoms with Crippen LogP contribution >= 0.6 is 0 Å². The van der Waals surface area contributed by atoms with Crippen LogP contribution in [0.1, 0.15) is 12.1 Å². The third kappa shape index (κ3) is 4.39. The number of guanidine groups is 1. The predicted octanol–water partition coefficient (Wildman–Crippen LogP) is 1.62. The molecule has 21 heavy (non-hydrogen) atoms. The molecule has 0 spiro atoms. The fourth-order valence-corrected chi connectivity index (χ4v) is 2.03. The lowest BCUT2D eigenvalue weighted by Gasteiger charge is -2.09. The molecular weight excluding hydrogens is 264 g/mol. The fourth-order valence-electron chi connectivity index (χ4n) is 2.03. The standard InChI is InChI=1S/C15H22N6/c1-11-12-7-4-5-8-13(12)19-15(18-11)20-14(16)17-9-6-10-21(2)3/h4-5,7-8H,6,9-10H2,1-3H3,(H3,16,17,18,19,20). The average molecular weight is 286 g/mol. The van der Waals surface area contributed by atoms with Crippen LogP contribution in [-0.4, -0.2) is 48.0 Å². The highest BCUT2D eigenvalue weighted by Crippen LogP contribution is 2.16. The molecule has 0 unspecified atom stereocenters. The first-order valence-corrected chi connectivity index (χ1v) is 7.01. The van der Waals surface area contributed by atoms with Gasteiger partial charge in [-0.25, -0.2) is 9.97 Å². The van der Waals surface area contributed by atoms with Crippen molar-refractivity contribution in [3.05, 3.63) is 30.0 Å². The summed E-state index contributed by atoms with van der Waals surface area (Å²) in [4.78, 5) is 15.2. The molecule has 0 fully saturated rings. The minimum absolute atomic E-state index is 0.350. The van der Waals surface area contributed by atoms with Gasteiger partial charge in [0, 0.05) is 11.9 Å². The van der Waals surface area contributed by atoms with Gasteiger partial charge in [-0.05, 0) is 40.1 Å². The van der Waals surface area contributed by atoms with E-state index < -0.39 is 0 Å². The van der Waals surface area contributed by atoms with Crippen LogP contribution < -0.4 is 11.1 Å². The number of nitrogens with two attached hydrogens (primary N) is 1. The third-order valence-electron chi connectivity index (χ3n) is 3.08. The number of fused-ring (bicyclic) bond motifs is 1. The van der Waals surface area contributed by atoms with Gasteiger partial charge in [-0.2, -0.15) is 0 Å². The van der Waals surface area contributed by atoms with Gasteiger partial charge < -0.3 is 10.6 Å². The van der Waals surface area contributed by atoms with Crippen LogP contribution in [0.15, 0.2) is 29.3 Å². The summed E-state index contributed by atoms with van der Waals surface area (Å²) < 4.78 is 0. The van der Waals surface area contributed by atoms with E-state index in [4.69, 9.17) is 5.73 Å². The highest BCUT2D eigenvalue weighted by Gasteiger charge is 2.04. The van der Waals surface area contributed by atoms with Crippen molar-refractivity contribution in [1.82, 2.24) is 14.9 Å². The van der Waals surface area contributed by atoms with Crippen molar-refractivity contribution < 1.29 is 0 Å². The Morgan fingerprint density at radius 2 is 2.05 bits per heavy atom. The second-order valence-electron chi connectivity index (χ2n) is 5.20. The van der Waals surface area contributed by atoms with Gasteiger partial charge in [0.15, 0.2) is 5.96 Å². The molecule has 2 rings (SSSR count). The summed E-state index contributed by atoms with van der Waals surface area (Å²) in [6.07, 6.45) is 0.965. The molecule has 0 aliphatic rings. The van der Waals surface area contributed by atoms with Gasteiger partial charge in [0.1, 0.15) is 0 Å². The first kappa shape index (κ1) is 15.2. The zero-order chi connectivity index (χ0) is 15.2. The quantitative estimate of drug-likeness (QED) is 0.496. The molecule has 2 aromatic rings. The van der Waals surface area contributed by atoms with Crippen LogP contribution in [0.25, 0.3) is 10.9 Å². The van der Waals surface area contributed by atoms with Crippen LogP contribution in [0.5, 0.6) is 0 Å². The van der Waals surface area contributed by atoms with Gasteiger partial charge in [-0.15, -0.1) is 0 Å². The smallest absolute Gasteiger partial charge is 0.230 e. The summed E-state index contributed by atoms with van der Waals surface area (Å²) in [5.74, 6) is 0.837. The van der Waals surface area contributed by atoms with E-state index in [-0.39, 0.29) is 0 Å². The van der Waals surface area contributed by atoms with Gasteiger partial charge in [0.05, 0.1) is 11.2 Å². The van der Waals surface area contributed by atoms with Crippen LogP contribution in [0.3, 0.4) is 0 Å². The summed E-state index contributed by atoms with van der Waals surface area (Å²) in [5.41, 5.74) is 7.68. The minimum Gasteiger partial charge on any atom is -0.370 e. The van der Waals surface area contributed by atoms with Crippen molar-refractivity contribution >= 4 is 22.8 Å². The molecule has 0 atom stereocenters. The van der Waals surface area contributed by atoms with Gasteiger partial charge in [-0.1, -0.05) is 18.2 Å². The number of benzene rings is 1. The van der Waals surface area contributed by atoms with E-state index in [0.717, 1.165) is 29.6 Å². The predicted molar refractivity (Wildman–Crippen MR) is 87.6 cm³/mol. The van der Waals surface area contributed by atoms with Crippen molar-refractivity contribution in [2.24, 2.45) is 10.7 Å². The van der Waals surface area contributed by atoms with Crippen molar-refractivity contribution in [2.45, 2.75) is 13.3 Å². The summed E-state index contributed by atoms with van der Waals surface area (Å²) in [5, 5.41) is 4.00. The number of hydrogen-bond donors (Lipinski definition) is 2. The Hall–Kier alpha value is -2.21. The summed E-state index contributed by atoms with van der Waals surface area (Å²) >= 11 is 0. The second-order valence-corrected chi connectivity index (χ2v) is 5.20. The molecule has 6 heteroatoms. The number of aryl methyl sites for hydroxylation is 1. The molecular formula is C15H22N6. The zero-order valence-corrected chi connectivity index (χ0v) is 12.8. The normalized spacial score (nSPS) is 12.1. The molecule has 0 bridgehead atoms. The average Bonchev–Trinajstić information content (AvgIpc) is 2.43. The molecule has 0 aliphatic carbocycles. The molecule has 0 aliphatic heterocycles. The molecule has 3 N–H and O–H groups in total. The zero-order valence-electron chi connectivity index (χ0n) is 12.8. The molecule has 0 saturated heterocycles. The molecule has 1 aromatic heterocycles. The van der Waals surface area contributed by atoms with Crippen molar-refractivity contribution in [2.75, 3.05) is 32.5 Å². The van der Waals surface area contributed by atoms with Gasteiger partial charge in [-0.3, -0.25) is 10.3 Å². The van der Waals surface area contributed by atoms with Gasteiger partial charge in [0.2, 0.25) is 5.95 Å². The number of nitrogens with one attached hydrogen (secondary N) is 1. The Bertz CT molecular complexity index is 635. The van der Waals surface area contributed by atoms with Crippen LogP contribution in [0.2, 0.25) is 0 Å². The van der Waals surface area contributed by atoms with Crippen molar-refractivity contribution in [3.63, 3.8) is 0 Å². The first-order chi connectivity index (χ1) is 10.1. The molecule has 1 heterocycles. The van der Waals surface area contributed by atoms with E-state index >= 15 is 0 Å². The van der Waals surface area contributed by atoms with Gasteiger partial charge >= 0.3 is 0 Å². The maximum absolute atomic E-state index is 5.86. The van der Waals surface area contributed by atoms with E-state index in [1.54, 1.807) is 0 Å². The molecule has 1 aromatic carbocycles. The number of anilines is 1. The number of para-hydroxylation sites is 1. The monoisotopic (exact) mass is 286 g/mol. The lowest BCUT2D eigenvalue weighted by Crippen LogP contribution is -2.24. The largest absolute Gasteiger partial charge is 0.370 e. The van der Waals surface area contributed by atoms with Crippen molar-refractivity contribution in [1.29, 1.82) is 0 Å². The van der Waals surface area contributed by atoms with Crippen LogP contribution in [-0.2, 0) is 0 Å². The molecule has 0 radical (unpaired) electrons. The van der Waals surface area contributed by atoms with Crippen molar-refractivity contribution in [3.8, 4) is 0 Å². The highest BCUT2D eigenvalue weighted by molar-refractivity contribution is 5.92. The molecule has 112 valence electrons. The SMILES string of the molecule is Cc1nc(NC(N)=NCCCN(C)C)nc2ccccc12. The minimum atomic E-state index is 0.350. The number of nitrogens with zero attached hydrogens (tertiary/aromatic N) is 4. The lowest BCUT2D eigenvalue weighted by molar-refractivity contribution is 0.403. The lowest BCUT2D eigenvalue weighted by atomic mass is 10.2. The Morgan fingerprint density at radius 3 is 2.81 bits per heavy atom. The molecule has 0 saturated carbocycles. The fraction of sp³-hybridized carbons (Fsp3) is 0.400. The van der Waals surface area contributed by atoms with Crippen LogP contribution in [0.4, 0.5) is 5.95 Å². The maximum atomic E-state index is 5.86. The number of aromatic nitrogens is 2. The van der Waals surface area contributed by atoms with Gasteiger partial charge in [0.25, 0.3) is 0 Å². The Morgan fingerprint density at radius 1 is 1.29 bits per heavy atom. The summed E-state index contributed by atoms with van der Waals surface area (Å²) in [6.45, 7) is 3.63. The Balaban J connectivity index is 2.04. The Kier molecular flexibility index (Phi) is 5.05. The highest BCUT2D eigenvalue weighted by atomic mass is 15.2. The maximum Gasteiger partial charge on any atom is 0.230 e. The number of rotatable bonds is 5. The Labute approximate surface area is 125 Å². The second kappa shape index (κ2) is 6.99. The third-order valence-corrected chi connectivity index (χ3v) is 3.08.